The first kappa shape index (κ1) is 13.4. The van der Waals surface area contributed by atoms with Crippen LogP contribution in [-0.2, 0) is 0 Å². The third-order valence-electron chi connectivity index (χ3n) is 4.50. The smallest absolute Gasteiger partial charge is 0.00985 e. The molecule has 2 atom stereocenters. The van der Waals surface area contributed by atoms with Gasteiger partial charge in [0.05, 0.1) is 0 Å². The molecule has 2 nitrogen and oxygen atoms in total. The third kappa shape index (κ3) is 4.26. The number of piperidine rings is 1. The zero-order chi connectivity index (χ0) is 11.9. The normalized spacial score (nSPS) is 28.1. The molecule has 0 amide bonds. The number of unbranched alkanes of at least 4 members (excludes halogenated alkanes) is 3. The van der Waals surface area contributed by atoms with E-state index < -0.39 is 0 Å². The van der Waals surface area contributed by atoms with Crippen LogP contribution in [0.1, 0.15) is 58.3 Å². The summed E-state index contributed by atoms with van der Waals surface area (Å²) in [5.41, 5.74) is 0. The van der Waals surface area contributed by atoms with Gasteiger partial charge in [0.2, 0.25) is 0 Å². The molecule has 0 radical (unpaired) electrons. The Balaban J connectivity index is 1.39. The zero-order valence-corrected chi connectivity index (χ0v) is 11.6. The van der Waals surface area contributed by atoms with Crippen molar-refractivity contribution in [2.24, 2.45) is 5.92 Å². The second-order valence-corrected chi connectivity index (χ2v) is 5.99. The number of hydrogen-bond donors (Lipinski definition) is 1. The number of rotatable bonds is 9. The SMILES string of the molecule is CCCNCCCCCCN1CC2CCC1C2. The maximum atomic E-state index is 3.48. The molecule has 0 spiro atoms. The average Bonchev–Trinajstić information content (AvgIpc) is 2.94. The van der Waals surface area contributed by atoms with Gasteiger partial charge in [0.15, 0.2) is 0 Å². The highest BCUT2D eigenvalue weighted by atomic mass is 15.2. The van der Waals surface area contributed by atoms with Crippen LogP contribution in [0.5, 0.6) is 0 Å². The quantitative estimate of drug-likeness (QED) is 0.621. The average molecular weight is 238 g/mol. The number of fused-ring (bicyclic) bond motifs is 2. The highest BCUT2D eigenvalue weighted by Gasteiger charge is 2.36. The molecule has 1 aliphatic heterocycles. The fourth-order valence-corrected chi connectivity index (χ4v) is 3.52. The van der Waals surface area contributed by atoms with Gasteiger partial charge in [-0.2, -0.15) is 0 Å². The fourth-order valence-electron chi connectivity index (χ4n) is 3.52. The van der Waals surface area contributed by atoms with Crippen LogP contribution in [0.15, 0.2) is 0 Å². The van der Waals surface area contributed by atoms with E-state index in [-0.39, 0.29) is 0 Å². The molecule has 1 saturated heterocycles. The Labute approximate surface area is 107 Å². The van der Waals surface area contributed by atoms with Gasteiger partial charge in [0.25, 0.3) is 0 Å². The van der Waals surface area contributed by atoms with Crippen LogP contribution in [0.2, 0.25) is 0 Å². The lowest BCUT2D eigenvalue weighted by Crippen LogP contribution is -2.32. The van der Waals surface area contributed by atoms with Crippen LogP contribution in [-0.4, -0.2) is 37.1 Å². The van der Waals surface area contributed by atoms with Crippen LogP contribution >= 0.6 is 0 Å². The van der Waals surface area contributed by atoms with Gasteiger partial charge in [-0.3, -0.25) is 0 Å². The van der Waals surface area contributed by atoms with E-state index in [1.165, 1.54) is 77.5 Å². The molecule has 2 rings (SSSR count). The minimum Gasteiger partial charge on any atom is -0.317 e. The van der Waals surface area contributed by atoms with Crippen LogP contribution in [0.25, 0.3) is 0 Å². The predicted octanol–water partition coefficient (Wildman–Crippen LogP) is 3.03. The third-order valence-corrected chi connectivity index (χ3v) is 4.50. The molecule has 0 aromatic heterocycles. The molecule has 0 aromatic rings. The van der Waals surface area contributed by atoms with E-state index in [1.54, 1.807) is 0 Å². The van der Waals surface area contributed by atoms with E-state index in [2.05, 4.69) is 17.1 Å². The Morgan fingerprint density at radius 2 is 1.94 bits per heavy atom. The Morgan fingerprint density at radius 3 is 2.65 bits per heavy atom. The Bertz CT molecular complexity index is 205. The highest BCUT2D eigenvalue weighted by molar-refractivity contribution is 4.91. The lowest BCUT2D eigenvalue weighted by Gasteiger charge is -2.26. The van der Waals surface area contributed by atoms with E-state index in [1.807, 2.05) is 0 Å². The van der Waals surface area contributed by atoms with Crippen LogP contribution in [0.3, 0.4) is 0 Å². The van der Waals surface area contributed by atoms with Crippen LogP contribution in [0.4, 0.5) is 0 Å². The second-order valence-electron chi connectivity index (χ2n) is 5.99. The summed E-state index contributed by atoms with van der Waals surface area (Å²) in [5, 5.41) is 3.48. The molecule has 1 heterocycles. The monoisotopic (exact) mass is 238 g/mol. The molecule has 2 bridgehead atoms. The summed E-state index contributed by atoms with van der Waals surface area (Å²) >= 11 is 0. The number of hydrogen-bond acceptors (Lipinski definition) is 2. The topological polar surface area (TPSA) is 15.3 Å². The molecule has 17 heavy (non-hydrogen) atoms. The Hall–Kier alpha value is -0.0800. The van der Waals surface area contributed by atoms with Crippen molar-refractivity contribution in [2.45, 2.75) is 64.3 Å². The first-order chi connectivity index (χ1) is 8.40. The summed E-state index contributed by atoms with van der Waals surface area (Å²) in [6, 6.07) is 0.978. The molecule has 2 heteroatoms. The van der Waals surface area contributed by atoms with Crippen molar-refractivity contribution < 1.29 is 0 Å². The minimum absolute atomic E-state index is 0.978. The number of nitrogens with one attached hydrogen (secondary N) is 1. The second kappa shape index (κ2) is 7.38. The predicted molar refractivity (Wildman–Crippen MR) is 74.3 cm³/mol. The molecule has 1 saturated carbocycles. The van der Waals surface area contributed by atoms with E-state index in [9.17, 15) is 0 Å². The standard InChI is InChI=1S/C15H30N2/c1-2-9-16-10-5-3-4-6-11-17-13-14-7-8-15(17)12-14/h14-16H,2-13H2,1H3. The van der Waals surface area contributed by atoms with Gasteiger partial charge in [-0.25, -0.2) is 0 Å². The van der Waals surface area contributed by atoms with E-state index in [4.69, 9.17) is 0 Å². The maximum Gasteiger partial charge on any atom is 0.00985 e. The molecule has 2 aliphatic rings. The fraction of sp³-hybridized carbons (Fsp3) is 1.00. The molecule has 0 aromatic carbocycles. The summed E-state index contributed by atoms with van der Waals surface area (Å²) in [5.74, 6) is 1.07. The van der Waals surface area contributed by atoms with Gasteiger partial charge < -0.3 is 10.2 Å². The summed E-state index contributed by atoms with van der Waals surface area (Å²) in [4.78, 5) is 2.77. The van der Waals surface area contributed by atoms with Crippen LogP contribution in [0, 0.1) is 5.92 Å². The van der Waals surface area contributed by atoms with E-state index in [0.717, 1.165) is 12.0 Å². The van der Waals surface area contributed by atoms with Crippen LogP contribution < -0.4 is 5.32 Å². The Morgan fingerprint density at radius 1 is 1.06 bits per heavy atom. The molecule has 1 N–H and O–H groups in total. The lowest BCUT2D eigenvalue weighted by atomic mass is 10.1. The zero-order valence-electron chi connectivity index (χ0n) is 11.6. The summed E-state index contributed by atoms with van der Waals surface area (Å²) in [6.45, 7) is 7.45. The van der Waals surface area contributed by atoms with Crippen molar-refractivity contribution in [2.75, 3.05) is 26.2 Å². The lowest BCUT2D eigenvalue weighted by molar-refractivity contribution is 0.209. The van der Waals surface area contributed by atoms with E-state index in [0.29, 0.717) is 0 Å². The number of likely N-dealkylation sites (tertiary alicyclic amines) is 1. The van der Waals surface area contributed by atoms with Crippen molar-refractivity contribution in [3.63, 3.8) is 0 Å². The first-order valence-corrected chi connectivity index (χ1v) is 7.85. The van der Waals surface area contributed by atoms with E-state index >= 15 is 0 Å². The van der Waals surface area contributed by atoms with Crippen molar-refractivity contribution in [3.8, 4) is 0 Å². The number of nitrogens with zero attached hydrogens (tertiary/aromatic N) is 1. The minimum atomic E-state index is 0.978. The molecule has 2 fully saturated rings. The van der Waals surface area contributed by atoms with Crippen molar-refractivity contribution in [1.29, 1.82) is 0 Å². The molecule has 100 valence electrons. The van der Waals surface area contributed by atoms with Crippen molar-refractivity contribution in [3.05, 3.63) is 0 Å². The highest BCUT2D eigenvalue weighted by Crippen LogP contribution is 2.37. The van der Waals surface area contributed by atoms with Gasteiger partial charge >= 0.3 is 0 Å². The van der Waals surface area contributed by atoms with Gasteiger partial charge in [-0.1, -0.05) is 19.8 Å². The largest absolute Gasteiger partial charge is 0.317 e. The van der Waals surface area contributed by atoms with Gasteiger partial charge in [-0.15, -0.1) is 0 Å². The van der Waals surface area contributed by atoms with Crippen molar-refractivity contribution >= 4 is 0 Å². The summed E-state index contributed by atoms with van der Waals surface area (Å²) in [6.07, 6.45) is 11.4. The summed E-state index contributed by atoms with van der Waals surface area (Å²) < 4.78 is 0. The molecular weight excluding hydrogens is 208 g/mol. The maximum absolute atomic E-state index is 3.48. The van der Waals surface area contributed by atoms with Gasteiger partial charge in [-0.05, 0) is 64.1 Å². The van der Waals surface area contributed by atoms with Gasteiger partial charge in [0, 0.05) is 12.6 Å². The molecule has 2 unspecified atom stereocenters. The van der Waals surface area contributed by atoms with Gasteiger partial charge in [0.1, 0.15) is 0 Å². The van der Waals surface area contributed by atoms with Crippen molar-refractivity contribution in [1.82, 2.24) is 10.2 Å². The first-order valence-electron chi connectivity index (χ1n) is 7.85. The molecular formula is C15H30N2. The Kier molecular flexibility index (Phi) is 5.79. The molecule has 1 aliphatic carbocycles. The summed E-state index contributed by atoms with van der Waals surface area (Å²) in [7, 11) is 0.